The molecule has 0 radical (unpaired) electrons. The van der Waals surface area contributed by atoms with Crippen LogP contribution in [-0.4, -0.2) is 23.2 Å². The molecule has 102 valence electrons. The summed E-state index contributed by atoms with van der Waals surface area (Å²) in [7, 11) is 0. The van der Waals surface area contributed by atoms with Crippen LogP contribution in [0.1, 0.15) is 38.2 Å². The van der Waals surface area contributed by atoms with E-state index in [9.17, 15) is 9.90 Å². The summed E-state index contributed by atoms with van der Waals surface area (Å²) >= 11 is 0. The molecule has 1 aromatic carbocycles. The van der Waals surface area contributed by atoms with Crippen molar-refractivity contribution in [1.29, 1.82) is 0 Å². The van der Waals surface area contributed by atoms with E-state index in [-0.39, 0.29) is 11.9 Å². The molecule has 1 amide bonds. The zero-order valence-corrected chi connectivity index (χ0v) is 11.3. The Balaban J connectivity index is 1.96. The summed E-state index contributed by atoms with van der Waals surface area (Å²) < 4.78 is 0. The van der Waals surface area contributed by atoms with E-state index in [4.69, 9.17) is 0 Å². The third-order valence-electron chi connectivity index (χ3n) is 3.63. The van der Waals surface area contributed by atoms with Gasteiger partial charge in [-0.1, -0.05) is 43.2 Å². The molecule has 0 heterocycles. The summed E-state index contributed by atoms with van der Waals surface area (Å²) in [6, 6.07) is 9.73. The lowest BCUT2D eigenvalue weighted by Gasteiger charge is -2.27. The number of benzene rings is 1. The summed E-state index contributed by atoms with van der Waals surface area (Å²) in [5.41, 5.74) is 1.98. The molecule has 0 aliphatic heterocycles. The monoisotopic (exact) mass is 259 g/mol. The number of rotatable bonds is 3. The Morgan fingerprint density at radius 1 is 1.26 bits per heavy atom. The van der Waals surface area contributed by atoms with Crippen molar-refractivity contribution in [1.82, 2.24) is 5.32 Å². The molecule has 2 atom stereocenters. The van der Waals surface area contributed by atoms with Crippen molar-refractivity contribution in [3.05, 3.63) is 42.0 Å². The molecule has 1 aliphatic rings. The highest BCUT2D eigenvalue weighted by molar-refractivity contribution is 5.95. The third kappa shape index (κ3) is 3.93. The maximum atomic E-state index is 11.9. The number of carbonyl (C=O) groups excluding carboxylic acids is 1. The predicted octanol–water partition coefficient (Wildman–Crippen LogP) is 2.51. The lowest BCUT2D eigenvalue weighted by atomic mass is 9.92. The second-order valence-corrected chi connectivity index (χ2v) is 5.16. The number of nitrogens with one attached hydrogen (secondary N) is 1. The maximum Gasteiger partial charge on any atom is 0.244 e. The van der Waals surface area contributed by atoms with Gasteiger partial charge in [0.2, 0.25) is 5.91 Å². The van der Waals surface area contributed by atoms with Gasteiger partial charge in [0, 0.05) is 6.08 Å². The van der Waals surface area contributed by atoms with Gasteiger partial charge >= 0.3 is 0 Å². The molecule has 1 fully saturated rings. The SMILES string of the molecule is C/C(=C/C(=O)NC1CCCCC1O)c1ccccc1. The van der Waals surface area contributed by atoms with Crippen LogP contribution in [0.3, 0.4) is 0 Å². The Hall–Kier alpha value is -1.61. The number of carbonyl (C=O) groups is 1. The Morgan fingerprint density at radius 3 is 2.63 bits per heavy atom. The van der Waals surface area contributed by atoms with E-state index in [1.54, 1.807) is 6.08 Å². The maximum absolute atomic E-state index is 11.9. The van der Waals surface area contributed by atoms with Gasteiger partial charge in [-0.15, -0.1) is 0 Å². The van der Waals surface area contributed by atoms with Gasteiger partial charge in [0.1, 0.15) is 0 Å². The van der Waals surface area contributed by atoms with Crippen molar-refractivity contribution >= 4 is 11.5 Å². The van der Waals surface area contributed by atoms with Gasteiger partial charge in [-0.2, -0.15) is 0 Å². The molecular formula is C16H21NO2. The second-order valence-electron chi connectivity index (χ2n) is 5.16. The molecule has 19 heavy (non-hydrogen) atoms. The number of aliphatic hydroxyl groups is 1. The van der Waals surface area contributed by atoms with Crippen LogP contribution in [0, 0.1) is 0 Å². The fourth-order valence-corrected chi connectivity index (χ4v) is 2.49. The topological polar surface area (TPSA) is 49.3 Å². The number of hydrogen-bond acceptors (Lipinski definition) is 2. The predicted molar refractivity (Wildman–Crippen MR) is 76.5 cm³/mol. The van der Waals surface area contributed by atoms with Crippen molar-refractivity contribution in [2.75, 3.05) is 0 Å². The quantitative estimate of drug-likeness (QED) is 0.819. The van der Waals surface area contributed by atoms with Gasteiger partial charge in [0.05, 0.1) is 12.1 Å². The van der Waals surface area contributed by atoms with E-state index in [1.807, 2.05) is 37.3 Å². The van der Waals surface area contributed by atoms with Crippen molar-refractivity contribution in [3.8, 4) is 0 Å². The van der Waals surface area contributed by atoms with E-state index in [2.05, 4.69) is 5.32 Å². The van der Waals surface area contributed by atoms with Gasteiger partial charge in [-0.25, -0.2) is 0 Å². The molecule has 2 unspecified atom stereocenters. The van der Waals surface area contributed by atoms with Gasteiger partial charge in [0.15, 0.2) is 0 Å². The Kier molecular flexibility index (Phi) is 4.74. The molecule has 0 aromatic heterocycles. The van der Waals surface area contributed by atoms with E-state index in [1.165, 1.54) is 0 Å². The molecule has 0 spiro atoms. The van der Waals surface area contributed by atoms with Crippen molar-refractivity contribution in [3.63, 3.8) is 0 Å². The molecule has 0 bridgehead atoms. The standard InChI is InChI=1S/C16H21NO2/c1-12(13-7-3-2-4-8-13)11-16(19)17-14-9-5-6-10-15(14)18/h2-4,7-8,11,14-15,18H,5-6,9-10H2,1H3,(H,17,19)/b12-11-. The molecule has 3 nitrogen and oxygen atoms in total. The van der Waals surface area contributed by atoms with Gasteiger partial charge in [0.25, 0.3) is 0 Å². The minimum absolute atomic E-state index is 0.0962. The molecule has 1 aromatic rings. The number of hydrogen-bond donors (Lipinski definition) is 2. The van der Waals surface area contributed by atoms with Crippen LogP contribution in [0.15, 0.2) is 36.4 Å². The van der Waals surface area contributed by atoms with Crippen LogP contribution in [-0.2, 0) is 4.79 Å². The summed E-state index contributed by atoms with van der Waals surface area (Å²) in [6.45, 7) is 1.92. The Bertz CT molecular complexity index is 453. The lowest BCUT2D eigenvalue weighted by molar-refractivity contribution is -0.118. The second kappa shape index (κ2) is 6.53. The molecule has 2 rings (SSSR count). The van der Waals surface area contributed by atoms with Crippen LogP contribution < -0.4 is 5.32 Å². The average Bonchev–Trinajstić information content (AvgIpc) is 2.42. The zero-order chi connectivity index (χ0) is 13.7. The molecule has 2 N–H and O–H groups in total. The highest BCUT2D eigenvalue weighted by atomic mass is 16.3. The first kappa shape index (κ1) is 13.8. The minimum Gasteiger partial charge on any atom is -0.391 e. The first-order chi connectivity index (χ1) is 9.16. The van der Waals surface area contributed by atoms with Crippen molar-refractivity contribution < 1.29 is 9.90 Å². The van der Waals surface area contributed by atoms with Crippen LogP contribution >= 0.6 is 0 Å². The van der Waals surface area contributed by atoms with E-state index < -0.39 is 6.10 Å². The summed E-state index contributed by atoms with van der Waals surface area (Å²) in [5, 5.41) is 12.7. The fraction of sp³-hybridized carbons (Fsp3) is 0.438. The smallest absolute Gasteiger partial charge is 0.244 e. The summed E-state index contributed by atoms with van der Waals surface area (Å²) in [6.07, 6.45) is 4.98. The van der Waals surface area contributed by atoms with Crippen molar-refractivity contribution in [2.45, 2.75) is 44.8 Å². The Morgan fingerprint density at radius 2 is 1.95 bits per heavy atom. The summed E-state index contributed by atoms with van der Waals surface area (Å²) in [5.74, 6) is -0.118. The van der Waals surface area contributed by atoms with Gasteiger partial charge < -0.3 is 10.4 Å². The highest BCUT2D eigenvalue weighted by Gasteiger charge is 2.23. The molecule has 3 heteroatoms. The molecular weight excluding hydrogens is 238 g/mol. The zero-order valence-electron chi connectivity index (χ0n) is 11.3. The third-order valence-corrected chi connectivity index (χ3v) is 3.63. The van der Waals surface area contributed by atoms with E-state index in [0.717, 1.165) is 36.8 Å². The molecule has 1 saturated carbocycles. The number of allylic oxidation sites excluding steroid dienone is 1. The number of aliphatic hydroxyl groups excluding tert-OH is 1. The fourth-order valence-electron chi connectivity index (χ4n) is 2.49. The largest absolute Gasteiger partial charge is 0.391 e. The lowest BCUT2D eigenvalue weighted by Crippen LogP contribution is -2.44. The van der Waals surface area contributed by atoms with E-state index >= 15 is 0 Å². The van der Waals surface area contributed by atoms with Crippen LogP contribution in [0.5, 0.6) is 0 Å². The van der Waals surface area contributed by atoms with Crippen molar-refractivity contribution in [2.24, 2.45) is 0 Å². The van der Waals surface area contributed by atoms with Gasteiger partial charge in [-0.05, 0) is 30.9 Å². The Labute approximate surface area is 114 Å². The van der Waals surface area contributed by atoms with Crippen LogP contribution in [0.25, 0.3) is 5.57 Å². The first-order valence-electron chi connectivity index (χ1n) is 6.89. The van der Waals surface area contributed by atoms with Gasteiger partial charge in [-0.3, -0.25) is 4.79 Å². The highest BCUT2D eigenvalue weighted by Crippen LogP contribution is 2.18. The van der Waals surface area contributed by atoms with Crippen LogP contribution in [0.4, 0.5) is 0 Å². The first-order valence-corrected chi connectivity index (χ1v) is 6.89. The minimum atomic E-state index is -0.400. The average molecular weight is 259 g/mol. The van der Waals surface area contributed by atoms with Crippen LogP contribution in [0.2, 0.25) is 0 Å². The molecule has 1 aliphatic carbocycles. The van der Waals surface area contributed by atoms with E-state index in [0.29, 0.717) is 0 Å². The normalized spacial score (nSPS) is 24.0. The number of amides is 1. The molecule has 0 saturated heterocycles. The summed E-state index contributed by atoms with van der Waals surface area (Å²) in [4.78, 5) is 11.9.